The Hall–Kier alpha value is -0.130. The van der Waals surface area contributed by atoms with E-state index in [0.717, 1.165) is 25.7 Å². The standard InChI is InChI=1S/C12H25NO3S/c1-11(2)7-10-17(15,16)13(8-9-14)12-5-3-4-6-12/h11-12,14H,3-10H2,1-2H3. The van der Waals surface area contributed by atoms with Crippen molar-refractivity contribution in [1.82, 2.24) is 4.31 Å². The van der Waals surface area contributed by atoms with E-state index < -0.39 is 10.0 Å². The minimum Gasteiger partial charge on any atom is -0.395 e. The Morgan fingerprint density at radius 2 is 1.88 bits per heavy atom. The summed E-state index contributed by atoms with van der Waals surface area (Å²) in [5.74, 6) is 0.602. The number of rotatable bonds is 7. The largest absolute Gasteiger partial charge is 0.395 e. The molecule has 102 valence electrons. The van der Waals surface area contributed by atoms with Crippen molar-refractivity contribution >= 4 is 10.0 Å². The van der Waals surface area contributed by atoms with Gasteiger partial charge < -0.3 is 5.11 Å². The van der Waals surface area contributed by atoms with Crippen molar-refractivity contribution in [1.29, 1.82) is 0 Å². The molecule has 1 aliphatic carbocycles. The van der Waals surface area contributed by atoms with E-state index in [4.69, 9.17) is 5.11 Å². The van der Waals surface area contributed by atoms with Gasteiger partial charge in [0.15, 0.2) is 0 Å². The molecular formula is C12H25NO3S. The summed E-state index contributed by atoms with van der Waals surface area (Å²) < 4.78 is 26.0. The smallest absolute Gasteiger partial charge is 0.214 e. The molecule has 1 saturated carbocycles. The third kappa shape index (κ3) is 4.56. The van der Waals surface area contributed by atoms with Crippen molar-refractivity contribution in [2.24, 2.45) is 5.92 Å². The summed E-state index contributed by atoms with van der Waals surface area (Å²) in [5.41, 5.74) is 0. The van der Waals surface area contributed by atoms with Gasteiger partial charge in [-0.05, 0) is 25.2 Å². The number of aliphatic hydroxyl groups excluding tert-OH is 1. The molecular weight excluding hydrogens is 238 g/mol. The van der Waals surface area contributed by atoms with Crippen molar-refractivity contribution in [2.45, 2.75) is 52.0 Å². The molecule has 1 fully saturated rings. The number of aliphatic hydroxyl groups is 1. The zero-order valence-electron chi connectivity index (χ0n) is 10.9. The van der Waals surface area contributed by atoms with Crippen LogP contribution in [0, 0.1) is 5.92 Å². The van der Waals surface area contributed by atoms with Crippen molar-refractivity contribution in [2.75, 3.05) is 18.9 Å². The Balaban J connectivity index is 2.67. The fraction of sp³-hybridized carbons (Fsp3) is 1.00. The first-order valence-corrected chi connectivity index (χ1v) is 8.18. The van der Waals surface area contributed by atoms with E-state index in [1.807, 2.05) is 13.8 Å². The average Bonchev–Trinajstić information content (AvgIpc) is 2.76. The predicted molar refractivity (Wildman–Crippen MR) is 69.3 cm³/mol. The van der Waals surface area contributed by atoms with Gasteiger partial charge in [-0.3, -0.25) is 0 Å². The lowest BCUT2D eigenvalue weighted by molar-refractivity contribution is 0.226. The second-order valence-electron chi connectivity index (χ2n) is 5.27. The highest BCUT2D eigenvalue weighted by Gasteiger charge is 2.31. The van der Waals surface area contributed by atoms with Crippen LogP contribution in [-0.4, -0.2) is 42.8 Å². The predicted octanol–water partition coefficient (Wildman–Crippen LogP) is 1.60. The van der Waals surface area contributed by atoms with Gasteiger partial charge in [-0.15, -0.1) is 0 Å². The Bertz CT molecular complexity index is 308. The highest BCUT2D eigenvalue weighted by molar-refractivity contribution is 7.89. The fourth-order valence-electron chi connectivity index (χ4n) is 2.34. The number of sulfonamides is 1. The first kappa shape index (κ1) is 14.9. The van der Waals surface area contributed by atoms with Gasteiger partial charge in [0.25, 0.3) is 0 Å². The fourth-order valence-corrected chi connectivity index (χ4v) is 4.37. The Morgan fingerprint density at radius 3 is 2.35 bits per heavy atom. The highest BCUT2D eigenvalue weighted by Crippen LogP contribution is 2.26. The van der Waals surface area contributed by atoms with Gasteiger partial charge in [-0.1, -0.05) is 26.7 Å². The SMILES string of the molecule is CC(C)CCS(=O)(=O)N(CCO)C1CCCC1. The van der Waals surface area contributed by atoms with E-state index in [2.05, 4.69) is 0 Å². The van der Waals surface area contributed by atoms with Crippen molar-refractivity contribution in [3.63, 3.8) is 0 Å². The monoisotopic (exact) mass is 263 g/mol. The van der Waals surface area contributed by atoms with E-state index >= 15 is 0 Å². The quantitative estimate of drug-likeness (QED) is 0.759. The lowest BCUT2D eigenvalue weighted by Crippen LogP contribution is -2.42. The van der Waals surface area contributed by atoms with E-state index in [9.17, 15) is 8.42 Å². The Labute approximate surface area is 105 Å². The first-order chi connectivity index (χ1) is 7.97. The topological polar surface area (TPSA) is 57.6 Å². The molecule has 0 bridgehead atoms. The summed E-state index contributed by atoms with van der Waals surface area (Å²) >= 11 is 0. The molecule has 1 N–H and O–H groups in total. The molecule has 0 spiro atoms. The second kappa shape index (κ2) is 6.71. The molecule has 5 heteroatoms. The second-order valence-corrected chi connectivity index (χ2v) is 7.31. The molecule has 0 atom stereocenters. The molecule has 0 aromatic carbocycles. The van der Waals surface area contributed by atoms with Crippen LogP contribution in [0.4, 0.5) is 0 Å². The molecule has 0 saturated heterocycles. The molecule has 0 radical (unpaired) electrons. The highest BCUT2D eigenvalue weighted by atomic mass is 32.2. The molecule has 0 aromatic heterocycles. The maximum atomic E-state index is 12.2. The molecule has 1 aliphatic rings. The van der Waals surface area contributed by atoms with Gasteiger partial charge in [0.1, 0.15) is 0 Å². The summed E-state index contributed by atoms with van der Waals surface area (Å²) in [6, 6.07) is 0.124. The third-order valence-electron chi connectivity index (χ3n) is 3.36. The maximum Gasteiger partial charge on any atom is 0.214 e. The van der Waals surface area contributed by atoms with Crippen LogP contribution < -0.4 is 0 Å². The summed E-state index contributed by atoms with van der Waals surface area (Å²) in [6.45, 7) is 4.23. The maximum absolute atomic E-state index is 12.2. The summed E-state index contributed by atoms with van der Waals surface area (Å²) in [5, 5.41) is 9.03. The minimum atomic E-state index is -3.19. The van der Waals surface area contributed by atoms with Crippen molar-refractivity contribution in [3.05, 3.63) is 0 Å². The van der Waals surface area contributed by atoms with Crippen LogP contribution in [-0.2, 0) is 10.0 Å². The van der Waals surface area contributed by atoms with Gasteiger partial charge in [-0.25, -0.2) is 8.42 Å². The number of hydrogen-bond donors (Lipinski definition) is 1. The molecule has 0 heterocycles. The average molecular weight is 263 g/mol. The van der Waals surface area contributed by atoms with Gasteiger partial charge in [0.05, 0.1) is 12.4 Å². The van der Waals surface area contributed by atoms with Crippen LogP contribution >= 0.6 is 0 Å². The molecule has 0 unspecified atom stereocenters. The first-order valence-electron chi connectivity index (χ1n) is 6.57. The van der Waals surface area contributed by atoms with Crippen LogP contribution in [0.2, 0.25) is 0 Å². The molecule has 0 aromatic rings. The van der Waals surface area contributed by atoms with Crippen molar-refractivity contribution in [3.8, 4) is 0 Å². The van der Waals surface area contributed by atoms with Gasteiger partial charge in [0, 0.05) is 12.6 Å². The zero-order chi connectivity index (χ0) is 12.9. The van der Waals surface area contributed by atoms with Crippen LogP contribution in [0.5, 0.6) is 0 Å². The third-order valence-corrected chi connectivity index (χ3v) is 5.31. The Morgan fingerprint density at radius 1 is 1.29 bits per heavy atom. The van der Waals surface area contributed by atoms with Crippen LogP contribution in [0.25, 0.3) is 0 Å². The van der Waals surface area contributed by atoms with E-state index in [-0.39, 0.29) is 24.9 Å². The molecule has 17 heavy (non-hydrogen) atoms. The van der Waals surface area contributed by atoms with Crippen molar-refractivity contribution < 1.29 is 13.5 Å². The Kier molecular flexibility index (Phi) is 5.89. The normalized spacial score (nSPS) is 18.4. The minimum absolute atomic E-state index is 0.0859. The lowest BCUT2D eigenvalue weighted by Gasteiger charge is -2.27. The van der Waals surface area contributed by atoms with Gasteiger partial charge in [-0.2, -0.15) is 4.31 Å². The van der Waals surface area contributed by atoms with Gasteiger partial charge >= 0.3 is 0 Å². The van der Waals surface area contributed by atoms with Crippen LogP contribution in [0.3, 0.4) is 0 Å². The molecule has 0 aliphatic heterocycles. The summed E-state index contributed by atoms with van der Waals surface area (Å²) in [6.07, 6.45) is 4.79. The van der Waals surface area contributed by atoms with Gasteiger partial charge in [0.2, 0.25) is 10.0 Å². The number of hydrogen-bond acceptors (Lipinski definition) is 3. The zero-order valence-corrected chi connectivity index (χ0v) is 11.7. The molecule has 0 amide bonds. The van der Waals surface area contributed by atoms with E-state index in [1.165, 1.54) is 0 Å². The van der Waals surface area contributed by atoms with E-state index in [0.29, 0.717) is 12.3 Å². The lowest BCUT2D eigenvalue weighted by atomic mass is 10.2. The van der Waals surface area contributed by atoms with E-state index in [1.54, 1.807) is 4.31 Å². The molecule has 4 nitrogen and oxygen atoms in total. The van der Waals surface area contributed by atoms with Crippen LogP contribution in [0.15, 0.2) is 0 Å². The number of nitrogens with zero attached hydrogens (tertiary/aromatic N) is 1. The molecule has 1 rings (SSSR count). The van der Waals surface area contributed by atoms with Crippen LogP contribution in [0.1, 0.15) is 46.0 Å². The summed E-state index contributed by atoms with van der Waals surface area (Å²) in [7, 11) is -3.19. The summed E-state index contributed by atoms with van der Waals surface area (Å²) in [4.78, 5) is 0.